The largest absolute Gasteiger partial charge is 0.481 e. The van der Waals surface area contributed by atoms with Crippen molar-refractivity contribution in [1.82, 2.24) is 9.80 Å². The van der Waals surface area contributed by atoms with Gasteiger partial charge in [0.1, 0.15) is 0 Å². The van der Waals surface area contributed by atoms with E-state index in [0.29, 0.717) is 6.42 Å². The first-order valence-electron chi connectivity index (χ1n) is 5.78. The molecule has 0 radical (unpaired) electrons. The zero-order valence-corrected chi connectivity index (χ0v) is 9.41. The Morgan fingerprint density at radius 1 is 1.33 bits per heavy atom. The summed E-state index contributed by atoms with van der Waals surface area (Å²) in [5.41, 5.74) is -0.0723. The van der Waals surface area contributed by atoms with E-state index in [4.69, 9.17) is 5.11 Å². The molecule has 0 spiro atoms. The highest BCUT2D eigenvalue weighted by molar-refractivity contribution is 5.68. The summed E-state index contributed by atoms with van der Waals surface area (Å²) in [5.74, 6) is -0.655. The molecule has 15 heavy (non-hydrogen) atoms. The predicted molar refractivity (Wildman–Crippen MR) is 57.9 cm³/mol. The van der Waals surface area contributed by atoms with Gasteiger partial charge in [0.05, 0.1) is 6.42 Å². The molecule has 0 aromatic carbocycles. The van der Waals surface area contributed by atoms with E-state index in [1.54, 1.807) is 0 Å². The van der Waals surface area contributed by atoms with Gasteiger partial charge in [-0.25, -0.2) is 0 Å². The monoisotopic (exact) mass is 212 g/mol. The molecule has 2 fully saturated rings. The number of aliphatic carboxylic acids is 1. The van der Waals surface area contributed by atoms with E-state index in [1.165, 1.54) is 12.8 Å². The van der Waals surface area contributed by atoms with Gasteiger partial charge >= 0.3 is 5.97 Å². The fraction of sp³-hybridized carbons (Fsp3) is 0.909. The lowest BCUT2D eigenvalue weighted by Crippen LogP contribution is -2.50. The van der Waals surface area contributed by atoms with E-state index in [2.05, 4.69) is 16.8 Å². The molecular weight excluding hydrogens is 192 g/mol. The second-order valence-corrected chi connectivity index (χ2v) is 4.98. The number of hydrogen-bond donors (Lipinski definition) is 1. The minimum absolute atomic E-state index is 0.0723. The molecule has 0 aliphatic carbocycles. The van der Waals surface area contributed by atoms with E-state index in [1.807, 2.05) is 0 Å². The zero-order valence-electron chi connectivity index (χ0n) is 9.41. The number of carbonyl (C=O) groups is 1. The van der Waals surface area contributed by atoms with Gasteiger partial charge in [-0.15, -0.1) is 0 Å². The van der Waals surface area contributed by atoms with Crippen molar-refractivity contribution in [3.63, 3.8) is 0 Å². The standard InChI is InChI=1S/C11H20N2O2/c1-12-7-4-11(9-12,8-10(14)15)13-5-2-3-6-13/h2-9H2,1H3,(H,14,15). The molecule has 0 aromatic rings. The molecule has 86 valence electrons. The van der Waals surface area contributed by atoms with Crippen LogP contribution in [0.1, 0.15) is 25.7 Å². The lowest BCUT2D eigenvalue weighted by atomic mass is 9.92. The SMILES string of the molecule is CN1CCC(CC(=O)O)(N2CCCC2)C1. The third kappa shape index (κ3) is 2.16. The van der Waals surface area contributed by atoms with Crippen LogP contribution in [-0.2, 0) is 4.79 Å². The number of rotatable bonds is 3. The molecule has 0 bridgehead atoms. The second kappa shape index (κ2) is 4.10. The minimum atomic E-state index is -0.655. The Balaban J connectivity index is 2.11. The van der Waals surface area contributed by atoms with Crippen LogP contribution in [0, 0.1) is 0 Å². The Morgan fingerprint density at radius 3 is 2.47 bits per heavy atom. The quantitative estimate of drug-likeness (QED) is 0.745. The summed E-state index contributed by atoms with van der Waals surface area (Å²) in [4.78, 5) is 15.6. The molecule has 4 nitrogen and oxygen atoms in total. The van der Waals surface area contributed by atoms with E-state index in [0.717, 1.165) is 32.6 Å². The van der Waals surface area contributed by atoms with Gasteiger partial charge in [0.15, 0.2) is 0 Å². The van der Waals surface area contributed by atoms with Crippen LogP contribution in [0.3, 0.4) is 0 Å². The van der Waals surface area contributed by atoms with Crippen LogP contribution in [0.2, 0.25) is 0 Å². The molecule has 0 amide bonds. The van der Waals surface area contributed by atoms with Crippen molar-refractivity contribution in [3.8, 4) is 0 Å². The lowest BCUT2D eigenvalue weighted by Gasteiger charge is -2.37. The Hall–Kier alpha value is -0.610. The van der Waals surface area contributed by atoms with Crippen molar-refractivity contribution >= 4 is 5.97 Å². The van der Waals surface area contributed by atoms with Gasteiger partial charge in [0, 0.05) is 12.1 Å². The summed E-state index contributed by atoms with van der Waals surface area (Å²) in [6.45, 7) is 4.12. The number of likely N-dealkylation sites (tertiary alicyclic amines) is 2. The van der Waals surface area contributed by atoms with Gasteiger partial charge in [-0.1, -0.05) is 0 Å². The first kappa shape index (κ1) is 10.9. The summed E-state index contributed by atoms with van der Waals surface area (Å²) >= 11 is 0. The Morgan fingerprint density at radius 2 is 2.00 bits per heavy atom. The summed E-state index contributed by atoms with van der Waals surface area (Å²) in [6, 6.07) is 0. The molecule has 2 saturated heterocycles. The smallest absolute Gasteiger partial charge is 0.305 e. The average Bonchev–Trinajstić information content (AvgIpc) is 2.74. The van der Waals surface area contributed by atoms with Crippen LogP contribution in [0.15, 0.2) is 0 Å². The van der Waals surface area contributed by atoms with Gasteiger partial charge < -0.3 is 10.0 Å². The highest BCUT2D eigenvalue weighted by Gasteiger charge is 2.44. The number of likely N-dealkylation sites (N-methyl/N-ethyl adjacent to an activating group) is 1. The highest BCUT2D eigenvalue weighted by Crippen LogP contribution is 2.33. The summed E-state index contributed by atoms with van der Waals surface area (Å²) in [5, 5.41) is 9.04. The van der Waals surface area contributed by atoms with Crippen molar-refractivity contribution < 1.29 is 9.90 Å². The van der Waals surface area contributed by atoms with Crippen molar-refractivity contribution in [2.24, 2.45) is 0 Å². The molecule has 2 aliphatic heterocycles. The number of nitrogens with zero attached hydrogens (tertiary/aromatic N) is 2. The second-order valence-electron chi connectivity index (χ2n) is 4.98. The number of hydrogen-bond acceptors (Lipinski definition) is 3. The van der Waals surface area contributed by atoms with Crippen LogP contribution >= 0.6 is 0 Å². The van der Waals surface area contributed by atoms with Crippen LogP contribution in [0.4, 0.5) is 0 Å². The molecule has 2 aliphatic rings. The predicted octanol–water partition coefficient (Wildman–Crippen LogP) is 0.631. The van der Waals surface area contributed by atoms with Crippen LogP contribution in [0.5, 0.6) is 0 Å². The fourth-order valence-corrected chi connectivity index (χ4v) is 3.05. The van der Waals surface area contributed by atoms with E-state index in [9.17, 15) is 4.79 Å². The molecule has 4 heteroatoms. The number of carboxylic acids is 1. The van der Waals surface area contributed by atoms with Crippen LogP contribution in [0.25, 0.3) is 0 Å². The Labute approximate surface area is 90.9 Å². The molecule has 2 rings (SSSR count). The third-order valence-corrected chi connectivity index (χ3v) is 3.78. The molecule has 2 heterocycles. The summed E-state index contributed by atoms with van der Waals surface area (Å²) < 4.78 is 0. The maximum atomic E-state index is 11.0. The maximum Gasteiger partial charge on any atom is 0.305 e. The van der Waals surface area contributed by atoms with Crippen molar-refractivity contribution in [2.75, 3.05) is 33.2 Å². The fourth-order valence-electron chi connectivity index (χ4n) is 3.05. The normalized spacial score (nSPS) is 33.7. The van der Waals surface area contributed by atoms with Crippen LogP contribution < -0.4 is 0 Å². The van der Waals surface area contributed by atoms with Gasteiger partial charge in [0.2, 0.25) is 0 Å². The average molecular weight is 212 g/mol. The topological polar surface area (TPSA) is 43.8 Å². The summed E-state index contributed by atoms with van der Waals surface area (Å²) in [7, 11) is 2.08. The van der Waals surface area contributed by atoms with E-state index >= 15 is 0 Å². The summed E-state index contributed by atoms with van der Waals surface area (Å²) in [6.07, 6.45) is 3.77. The zero-order chi connectivity index (χ0) is 10.9. The van der Waals surface area contributed by atoms with Crippen molar-refractivity contribution in [3.05, 3.63) is 0 Å². The third-order valence-electron chi connectivity index (χ3n) is 3.78. The van der Waals surface area contributed by atoms with Crippen molar-refractivity contribution in [1.29, 1.82) is 0 Å². The first-order chi connectivity index (χ1) is 7.12. The minimum Gasteiger partial charge on any atom is -0.481 e. The van der Waals surface area contributed by atoms with E-state index in [-0.39, 0.29) is 5.54 Å². The molecular formula is C11H20N2O2. The molecule has 1 atom stereocenters. The molecule has 1 unspecified atom stereocenters. The van der Waals surface area contributed by atoms with Gasteiger partial charge in [-0.2, -0.15) is 0 Å². The number of carboxylic acid groups (broad SMARTS) is 1. The van der Waals surface area contributed by atoms with Gasteiger partial charge in [-0.3, -0.25) is 9.69 Å². The Bertz CT molecular complexity index is 251. The van der Waals surface area contributed by atoms with Gasteiger partial charge in [-0.05, 0) is 45.9 Å². The van der Waals surface area contributed by atoms with E-state index < -0.39 is 5.97 Å². The van der Waals surface area contributed by atoms with Crippen molar-refractivity contribution in [2.45, 2.75) is 31.2 Å². The highest BCUT2D eigenvalue weighted by atomic mass is 16.4. The Kier molecular flexibility index (Phi) is 2.98. The maximum absolute atomic E-state index is 11.0. The molecule has 0 saturated carbocycles. The first-order valence-corrected chi connectivity index (χ1v) is 5.78. The van der Waals surface area contributed by atoms with Crippen LogP contribution in [-0.4, -0.2) is 59.6 Å². The lowest BCUT2D eigenvalue weighted by molar-refractivity contribution is -0.140. The molecule has 0 aromatic heterocycles. The molecule has 1 N–H and O–H groups in total. The van der Waals surface area contributed by atoms with Gasteiger partial charge in [0.25, 0.3) is 0 Å².